The lowest BCUT2D eigenvalue weighted by Crippen LogP contribution is -1.96. The minimum atomic E-state index is 0.641. The second kappa shape index (κ2) is 4.28. The van der Waals surface area contributed by atoms with E-state index in [0.29, 0.717) is 5.88 Å². The number of halogens is 3. The molecule has 84 valence electrons. The first-order chi connectivity index (χ1) is 7.70. The van der Waals surface area contributed by atoms with Crippen LogP contribution in [0.15, 0.2) is 19.7 Å². The molecule has 6 heteroatoms. The molecule has 0 aliphatic carbocycles. The first-order valence-electron chi connectivity index (χ1n) is 4.63. The van der Waals surface area contributed by atoms with Gasteiger partial charge in [-0.15, -0.1) is 34.3 Å². The summed E-state index contributed by atoms with van der Waals surface area (Å²) in [6.45, 7) is 0.859. The van der Waals surface area contributed by atoms with E-state index in [1.54, 1.807) is 22.7 Å². The van der Waals surface area contributed by atoms with E-state index >= 15 is 0 Å². The third-order valence-corrected chi connectivity index (χ3v) is 5.94. The molecule has 3 heterocycles. The molecule has 0 saturated heterocycles. The van der Waals surface area contributed by atoms with Gasteiger partial charge in [0.25, 0.3) is 0 Å². The molecule has 0 radical (unpaired) electrons. The summed E-state index contributed by atoms with van der Waals surface area (Å²) in [4.78, 5) is 1.31. The van der Waals surface area contributed by atoms with Crippen molar-refractivity contribution in [3.63, 3.8) is 0 Å². The number of alkyl halides is 1. The number of aromatic nitrogens is 1. The second-order valence-corrected chi connectivity index (χ2v) is 8.59. The summed E-state index contributed by atoms with van der Waals surface area (Å²) < 4.78 is 5.99. The molecular weight excluding hydrogens is 394 g/mol. The van der Waals surface area contributed by atoms with Crippen LogP contribution in [0.5, 0.6) is 0 Å². The molecule has 0 aromatic carbocycles. The minimum absolute atomic E-state index is 0.641. The van der Waals surface area contributed by atoms with Gasteiger partial charge in [-0.2, -0.15) is 0 Å². The molecule has 3 aromatic rings. The predicted molar refractivity (Wildman–Crippen MR) is 81.3 cm³/mol. The van der Waals surface area contributed by atoms with Gasteiger partial charge in [0.05, 0.1) is 17.8 Å². The maximum Gasteiger partial charge on any atom is 0.105 e. The van der Waals surface area contributed by atoms with Crippen LogP contribution in [0.1, 0.15) is 0 Å². The summed E-state index contributed by atoms with van der Waals surface area (Å²) in [5, 5.41) is 1.33. The fourth-order valence-corrected chi connectivity index (χ4v) is 5.34. The summed E-state index contributed by atoms with van der Waals surface area (Å²) in [5.74, 6) is 0.641. The summed E-state index contributed by atoms with van der Waals surface area (Å²) >= 11 is 16.5. The van der Waals surface area contributed by atoms with Gasteiger partial charge in [-0.05, 0) is 44.0 Å². The van der Waals surface area contributed by atoms with E-state index in [9.17, 15) is 0 Å². The average Bonchev–Trinajstić information content (AvgIpc) is 2.82. The van der Waals surface area contributed by atoms with Gasteiger partial charge in [0.15, 0.2) is 0 Å². The van der Waals surface area contributed by atoms with Crippen LogP contribution in [-0.4, -0.2) is 10.4 Å². The topological polar surface area (TPSA) is 4.93 Å². The predicted octanol–water partition coefficient (Wildman–Crippen LogP) is 5.68. The Hall–Kier alpha value is 0.450. The largest absolute Gasteiger partial charge is 0.330 e. The minimum Gasteiger partial charge on any atom is -0.330 e. The Morgan fingerprint density at radius 2 is 1.94 bits per heavy atom. The van der Waals surface area contributed by atoms with Gasteiger partial charge in [0, 0.05) is 17.8 Å². The Balaban J connectivity index is 2.44. The number of thiophene rings is 2. The quantitative estimate of drug-likeness (QED) is 0.489. The van der Waals surface area contributed by atoms with Crippen LogP contribution in [0.2, 0.25) is 0 Å². The van der Waals surface area contributed by atoms with Gasteiger partial charge in [0.2, 0.25) is 0 Å². The first-order valence-corrected chi connectivity index (χ1v) is 8.38. The van der Waals surface area contributed by atoms with Gasteiger partial charge < -0.3 is 4.57 Å². The lowest BCUT2D eigenvalue weighted by atomic mass is 10.4. The standard InChI is InChI=1S/C10H6Br2ClNS2/c11-7-3-5-9-6(4-8(12)15-9)14(2-1-13)10(5)16-7/h3-4H,1-2H2. The third-order valence-electron chi connectivity index (χ3n) is 2.45. The molecule has 0 spiro atoms. The van der Waals surface area contributed by atoms with Gasteiger partial charge in [0.1, 0.15) is 4.83 Å². The summed E-state index contributed by atoms with van der Waals surface area (Å²) in [6.07, 6.45) is 0. The van der Waals surface area contributed by atoms with E-state index in [-0.39, 0.29) is 0 Å². The van der Waals surface area contributed by atoms with Crippen molar-refractivity contribution in [3.8, 4) is 0 Å². The number of hydrogen-bond acceptors (Lipinski definition) is 2. The molecule has 1 nitrogen and oxygen atoms in total. The van der Waals surface area contributed by atoms with Crippen LogP contribution >= 0.6 is 66.1 Å². The van der Waals surface area contributed by atoms with Crippen molar-refractivity contribution in [1.82, 2.24) is 4.57 Å². The molecule has 0 bridgehead atoms. The normalized spacial score (nSPS) is 11.9. The van der Waals surface area contributed by atoms with Gasteiger partial charge in [-0.1, -0.05) is 0 Å². The van der Waals surface area contributed by atoms with Crippen molar-refractivity contribution in [2.45, 2.75) is 6.54 Å². The van der Waals surface area contributed by atoms with E-state index in [2.05, 4.69) is 48.6 Å². The molecule has 3 rings (SSSR count). The molecule has 0 aliphatic heterocycles. The number of fused-ring (bicyclic) bond motifs is 3. The second-order valence-electron chi connectivity index (χ2n) is 3.37. The van der Waals surface area contributed by atoms with E-state index < -0.39 is 0 Å². The fourth-order valence-electron chi connectivity index (χ4n) is 1.88. The lowest BCUT2D eigenvalue weighted by Gasteiger charge is -2.00. The molecule has 0 atom stereocenters. The summed E-state index contributed by atoms with van der Waals surface area (Å²) in [5.41, 5.74) is 1.28. The molecule has 0 N–H and O–H groups in total. The van der Waals surface area contributed by atoms with Crippen molar-refractivity contribution < 1.29 is 0 Å². The van der Waals surface area contributed by atoms with E-state index in [1.165, 1.54) is 28.0 Å². The van der Waals surface area contributed by atoms with Crippen molar-refractivity contribution in [1.29, 1.82) is 0 Å². The highest BCUT2D eigenvalue weighted by atomic mass is 79.9. The lowest BCUT2D eigenvalue weighted by molar-refractivity contribution is 0.840. The molecular formula is C10H6Br2ClNS2. The zero-order valence-electron chi connectivity index (χ0n) is 7.97. The van der Waals surface area contributed by atoms with Crippen LogP contribution in [0, 0.1) is 0 Å². The van der Waals surface area contributed by atoms with Crippen molar-refractivity contribution in [2.24, 2.45) is 0 Å². The Morgan fingerprint density at radius 3 is 2.69 bits per heavy atom. The van der Waals surface area contributed by atoms with Gasteiger partial charge in [-0.3, -0.25) is 0 Å². The highest BCUT2D eigenvalue weighted by Gasteiger charge is 2.15. The van der Waals surface area contributed by atoms with E-state index in [0.717, 1.165) is 6.54 Å². The van der Waals surface area contributed by atoms with Crippen LogP contribution in [0.25, 0.3) is 20.4 Å². The Morgan fingerprint density at radius 1 is 1.19 bits per heavy atom. The molecule has 3 aromatic heterocycles. The molecule has 0 saturated carbocycles. The third kappa shape index (κ3) is 1.68. The molecule has 0 fully saturated rings. The van der Waals surface area contributed by atoms with Crippen LogP contribution in [-0.2, 0) is 6.54 Å². The first kappa shape index (κ1) is 11.5. The van der Waals surface area contributed by atoms with Crippen molar-refractivity contribution >= 4 is 86.6 Å². The summed E-state index contributed by atoms with van der Waals surface area (Å²) in [6, 6.07) is 4.36. The van der Waals surface area contributed by atoms with Crippen LogP contribution in [0.4, 0.5) is 0 Å². The average molecular weight is 400 g/mol. The highest BCUT2D eigenvalue weighted by molar-refractivity contribution is 9.11. The zero-order valence-corrected chi connectivity index (χ0v) is 13.5. The SMILES string of the molecule is ClCCn1c2cc(Br)sc2c2cc(Br)sc21. The Labute approximate surface area is 122 Å². The fraction of sp³-hybridized carbons (Fsp3) is 0.200. The number of hydrogen-bond donors (Lipinski definition) is 0. The summed E-state index contributed by atoms with van der Waals surface area (Å²) in [7, 11) is 0. The molecule has 0 amide bonds. The van der Waals surface area contributed by atoms with Crippen molar-refractivity contribution in [2.75, 3.05) is 5.88 Å². The Kier molecular flexibility index (Phi) is 3.09. The maximum absolute atomic E-state index is 5.87. The van der Waals surface area contributed by atoms with Crippen LogP contribution < -0.4 is 0 Å². The Bertz CT molecular complexity index is 613. The monoisotopic (exact) mass is 397 g/mol. The van der Waals surface area contributed by atoms with E-state index in [1.807, 2.05) is 0 Å². The number of aryl methyl sites for hydroxylation is 1. The zero-order chi connectivity index (χ0) is 11.3. The molecule has 0 aliphatic rings. The molecule has 16 heavy (non-hydrogen) atoms. The highest BCUT2D eigenvalue weighted by Crippen LogP contribution is 2.42. The van der Waals surface area contributed by atoms with E-state index in [4.69, 9.17) is 11.6 Å². The van der Waals surface area contributed by atoms with Crippen molar-refractivity contribution in [3.05, 3.63) is 19.7 Å². The molecule has 0 unspecified atom stereocenters. The van der Waals surface area contributed by atoms with Gasteiger partial charge in [-0.25, -0.2) is 0 Å². The number of nitrogens with zero attached hydrogens (tertiary/aromatic N) is 1. The van der Waals surface area contributed by atoms with Gasteiger partial charge >= 0.3 is 0 Å². The van der Waals surface area contributed by atoms with Crippen LogP contribution in [0.3, 0.4) is 0 Å². The smallest absolute Gasteiger partial charge is 0.105 e. The maximum atomic E-state index is 5.87. The number of rotatable bonds is 2.